The summed E-state index contributed by atoms with van der Waals surface area (Å²) in [5.74, 6) is 0. The normalized spacial score (nSPS) is 22.3. The third kappa shape index (κ3) is 2.65. The van der Waals surface area contributed by atoms with E-state index in [1.165, 1.54) is 11.3 Å². The largest absolute Gasteiger partial charge is 0.329 e. The summed E-state index contributed by atoms with van der Waals surface area (Å²) in [7, 11) is -3.38. The van der Waals surface area contributed by atoms with Crippen molar-refractivity contribution in [3.63, 3.8) is 0 Å². The highest BCUT2D eigenvalue weighted by Crippen LogP contribution is 2.34. The fourth-order valence-corrected chi connectivity index (χ4v) is 6.26. The molecule has 4 nitrogen and oxygen atoms in total. The SMILES string of the molecule is Cc1cc(S(=O)(=O)N2CCCCC2CN)sc1Br. The number of rotatable bonds is 3. The predicted molar refractivity (Wildman–Crippen MR) is 77.3 cm³/mol. The van der Waals surface area contributed by atoms with Gasteiger partial charge in [-0.2, -0.15) is 4.31 Å². The van der Waals surface area contributed by atoms with Crippen LogP contribution in [-0.2, 0) is 10.0 Å². The van der Waals surface area contributed by atoms with Gasteiger partial charge in [-0.15, -0.1) is 11.3 Å². The summed E-state index contributed by atoms with van der Waals surface area (Å²) in [4.78, 5) is 0. The zero-order chi connectivity index (χ0) is 13.3. The number of piperidine rings is 1. The lowest BCUT2D eigenvalue weighted by Gasteiger charge is -2.33. The number of aryl methyl sites for hydroxylation is 1. The molecule has 18 heavy (non-hydrogen) atoms. The van der Waals surface area contributed by atoms with Gasteiger partial charge in [0.05, 0.1) is 3.79 Å². The van der Waals surface area contributed by atoms with Gasteiger partial charge in [-0.25, -0.2) is 8.42 Å². The van der Waals surface area contributed by atoms with Crippen LogP contribution in [0.3, 0.4) is 0 Å². The van der Waals surface area contributed by atoms with Gasteiger partial charge in [0.15, 0.2) is 0 Å². The monoisotopic (exact) mass is 352 g/mol. The molecule has 1 saturated heterocycles. The number of halogens is 1. The van der Waals surface area contributed by atoms with Crippen LogP contribution in [0.5, 0.6) is 0 Å². The first-order valence-electron chi connectivity index (χ1n) is 5.94. The highest BCUT2D eigenvalue weighted by Gasteiger charge is 2.33. The van der Waals surface area contributed by atoms with E-state index in [9.17, 15) is 8.42 Å². The maximum absolute atomic E-state index is 12.6. The molecule has 1 atom stereocenters. The van der Waals surface area contributed by atoms with Crippen molar-refractivity contribution in [3.05, 3.63) is 15.4 Å². The number of sulfonamides is 1. The highest BCUT2D eigenvalue weighted by atomic mass is 79.9. The van der Waals surface area contributed by atoms with Crippen LogP contribution in [-0.4, -0.2) is 31.9 Å². The summed E-state index contributed by atoms with van der Waals surface area (Å²) >= 11 is 4.65. The highest BCUT2D eigenvalue weighted by molar-refractivity contribution is 9.11. The maximum Gasteiger partial charge on any atom is 0.252 e. The van der Waals surface area contributed by atoms with Gasteiger partial charge in [0, 0.05) is 19.1 Å². The topological polar surface area (TPSA) is 63.4 Å². The van der Waals surface area contributed by atoms with Crippen LogP contribution < -0.4 is 5.73 Å². The van der Waals surface area contributed by atoms with Gasteiger partial charge in [0.1, 0.15) is 4.21 Å². The zero-order valence-corrected chi connectivity index (χ0v) is 13.4. The molecule has 7 heteroatoms. The van der Waals surface area contributed by atoms with Crippen molar-refractivity contribution in [3.8, 4) is 0 Å². The molecule has 1 aliphatic heterocycles. The predicted octanol–water partition coefficient (Wildman–Crippen LogP) is 2.32. The number of hydrogen-bond acceptors (Lipinski definition) is 4. The van der Waals surface area contributed by atoms with Crippen LogP contribution in [0.25, 0.3) is 0 Å². The molecule has 1 aromatic heterocycles. The van der Waals surface area contributed by atoms with Gasteiger partial charge in [-0.3, -0.25) is 0 Å². The van der Waals surface area contributed by atoms with Crippen LogP contribution in [0.1, 0.15) is 24.8 Å². The first-order chi connectivity index (χ1) is 8.46. The van der Waals surface area contributed by atoms with Crippen molar-refractivity contribution in [2.75, 3.05) is 13.1 Å². The molecule has 2 N–H and O–H groups in total. The number of thiophene rings is 1. The van der Waals surface area contributed by atoms with Gasteiger partial charge in [0.25, 0.3) is 10.0 Å². The zero-order valence-electron chi connectivity index (χ0n) is 10.2. The van der Waals surface area contributed by atoms with Gasteiger partial charge < -0.3 is 5.73 Å². The molecule has 102 valence electrons. The van der Waals surface area contributed by atoms with E-state index < -0.39 is 10.0 Å². The molecule has 2 heterocycles. The fourth-order valence-electron chi connectivity index (χ4n) is 2.20. The lowest BCUT2D eigenvalue weighted by molar-refractivity contribution is 0.258. The maximum atomic E-state index is 12.6. The Balaban J connectivity index is 2.35. The quantitative estimate of drug-likeness (QED) is 0.907. The minimum absolute atomic E-state index is 0.0510. The second kappa shape index (κ2) is 5.58. The van der Waals surface area contributed by atoms with Crippen molar-refractivity contribution < 1.29 is 8.42 Å². The molecule has 0 spiro atoms. The van der Waals surface area contributed by atoms with Crippen molar-refractivity contribution in [1.29, 1.82) is 0 Å². The Morgan fingerprint density at radius 2 is 2.28 bits per heavy atom. The van der Waals surface area contributed by atoms with Crippen LogP contribution in [0, 0.1) is 6.92 Å². The number of nitrogens with zero attached hydrogens (tertiary/aromatic N) is 1. The van der Waals surface area contributed by atoms with Crippen molar-refractivity contribution >= 4 is 37.3 Å². The molecule has 1 aliphatic rings. The summed E-state index contributed by atoms with van der Waals surface area (Å²) in [5, 5.41) is 0. The Bertz CT molecular complexity index is 508. The summed E-state index contributed by atoms with van der Waals surface area (Å²) in [6.45, 7) is 2.87. The van der Waals surface area contributed by atoms with Crippen molar-refractivity contribution in [1.82, 2.24) is 4.31 Å². The van der Waals surface area contributed by atoms with Gasteiger partial charge in [-0.1, -0.05) is 6.42 Å². The third-order valence-electron chi connectivity index (χ3n) is 3.24. The molecule has 0 aliphatic carbocycles. The van der Waals surface area contributed by atoms with E-state index in [0.717, 1.165) is 28.6 Å². The second-order valence-electron chi connectivity index (χ2n) is 4.52. The molecule has 0 amide bonds. The van der Waals surface area contributed by atoms with Gasteiger partial charge in [0.2, 0.25) is 0 Å². The standard InChI is InChI=1S/C11H17BrN2O2S2/c1-8-6-10(17-11(8)12)18(15,16)14-5-3-2-4-9(14)7-13/h6,9H,2-5,7,13H2,1H3. The van der Waals surface area contributed by atoms with Crippen LogP contribution in [0.2, 0.25) is 0 Å². The Hall–Kier alpha value is 0.0500. The van der Waals surface area contributed by atoms with Crippen LogP contribution >= 0.6 is 27.3 Å². The Morgan fingerprint density at radius 1 is 1.56 bits per heavy atom. The first-order valence-corrected chi connectivity index (χ1v) is 8.99. The van der Waals surface area contributed by atoms with E-state index >= 15 is 0 Å². The van der Waals surface area contributed by atoms with E-state index in [0.29, 0.717) is 17.3 Å². The summed E-state index contributed by atoms with van der Waals surface area (Å²) in [6, 6.07) is 1.68. The van der Waals surface area contributed by atoms with Crippen LogP contribution in [0.4, 0.5) is 0 Å². The molecule has 1 aromatic rings. The molecule has 0 aromatic carbocycles. The lowest BCUT2D eigenvalue weighted by Crippen LogP contribution is -2.47. The van der Waals surface area contributed by atoms with E-state index in [1.807, 2.05) is 6.92 Å². The molecular weight excluding hydrogens is 336 g/mol. The molecule has 1 fully saturated rings. The third-order valence-corrected chi connectivity index (χ3v) is 7.78. The number of nitrogens with two attached hydrogens (primary N) is 1. The number of hydrogen-bond donors (Lipinski definition) is 1. The van der Waals surface area contributed by atoms with E-state index in [2.05, 4.69) is 15.9 Å². The van der Waals surface area contributed by atoms with Gasteiger partial charge >= 0.3 is 0 Å². The summed E-state index contributed by atoms with van der Waals surface area (Å²) < 4.78 is 28.0. The molecular formula is C11H17BrN2O2S2. The first kappa shape index (κ1) is 14.5. The molecule has 0 radical (unpaired) electrons. The summed E-state index contributed by atoms with van der Waals surface area (Å²) in [5.41, 5.74) is 6.65. The molecule has 1 unspecified atom stereocenters. The second-order valence-corrected chi connectivity index (χ2v) is 9.01. The van der Waals surface area contributed by atoms with Crippen molar-refractivity contribution in [2.45, 2.75) is 36.4 Å². The van der Waals surface area contributed by atoms with E-state index in [-0.39, 0.29) is 6.04 Å². The summed E-state index contributed by atoms with van der Waals surface area (Å²) in [6.07, 6.45) is 2.84. The fraction of sp³-hybridized carbons (Fsp3) is 0.636. The van der Waals surface area contributed by atoms with Crippen LogP contribution in [0.15, 0.2) is 14.1 Å². The smallest absolute Gasteiger partial charge is 0.252 e. The average Bonchev–Trinajstić information content (AvgIpc) is 2.70. The molecule has 2 rings (SSSR count). The molecule has 0 saturated carbocycles. The van der Waals surface area contributed by atoms with E-state index in [1.54, 1.807) is 10.4 Å². The van der Waals surface area contributed by atoms with E-state index in [4.69, 9.17) is 5.73 Å². The lowest BCUT2D eigenvalue weighted by atomic mass is 10.1. The minimum atomic E-state index is -3.38. The minimum Gasteiger partial charge on any atom is -0.329 e. The molecule has 0 bridgehead atoms. The Morgan fingerprint density at radius 3 is 2.83 bits per heavy atom. The van der Waals surface area contributed by atoms with Gasteiger partial charge in [-0.05, 0) is 47.3 Å². The van der Waals surface area contributed by atoms with Crippen molar-refractivity contribution in [2.24, 2.45) is 5.73 Å². The average molecular weight is 353 g/mol. The Labute approximate surface area is 120 Å². The Kier molecular flexibility index (Phi) is 4.48.